The molecule has 0 radical (unpaired) electrons. The Morgan fingerprint density at radius 2 is 2.24 bits per heavy atom. The van der Waals surface area contributed by atoms with Crippen LogP contribution in [0.3, 0.4) is 0 Å². The Hall–Kier alpha value is -2.08. The molecule has 1 heterocycles. The fraction of sp³-hybridized carbons (Fsp3) is 0.467. The van der Waals surface area contributed by atoms with E-state index in [0.29, 0.717) is 12.4 Å². The van der Waals surface area contributed by atoms with Gasteiger partial charge in [0.1, 0.15) is 5.75 Å². The van der Waals surface area contributed by atoms with Crippen molar-refractivity contribution in [2.45, 2.75) is 31.9 Å². The van der Waals surface area contributed by atoms with Crippen LogP contribution in [0.5, 0.6) is 5.75 Å². The highest BCUT2D eigenvalue weighted by atomic mass is 16.5. The van der Waals surface area contributed by atoms with Crippen molar-refractivity contribution in [1.29, 1.82) is 0 Å². The van der Waals surface area contributed by atoms with Crippen molar-refractivity contribution in [3.05, 3.63) is 29.8 Å². The Labute approximate surface area is 123 Å². The predicted molar refractivity (Wildman–Crippen MR) is 75.2 cm³/mol. The van der Waals surface area contributed by atoms with Gasteiger partial charge in [-0.05, 0) is 31.5 Å². The summed E-state index contributed by atoms with van der Waals surface area (Å²) in [5, 5.41) is 11.8. The number of amides is 1. The predicted octanol–water partition coefficient (Wildman–Crippen LogP) is 1.12. The maximum absolute atomic E-state index is 12.1. The number of carboxylic acid groups (broad SMARTS) is 1. The topological polar surface area (TPSA) is 84.9 Å². The smallest absolute Gasteiger partial charge is 0.331 e. The number of aryl methyl sites for hydroxylation is 1. The highest BCUT2D eigenvalue weighted by Gasteiger charge is 2.44. The first-order valence-corrected chi connectivity index (χ1v) is 6.79. The van der Waals surface area contributed by atoms with Crippen LogP contribution in [0.2, 0.25) is 0 Å². The van der Waals surface area contributed by atoms with Gasteiger partial charge in [0.05, 0.1) is 6.61 Å². The minimum Gasteiger partial charge on any atom is -0.481 e. The molecule has 2 rings (SSSR count). The van der Waals surface area contributed by atoms with Crippen molar-refractivity contribution in [3.8, 4) is 5.75 Å². The van der Waals surface area contributed by atoms with E-state index in [0.717, 1.165) is 5.56 Å². The van der Waals surface area contributed by atoms with Crippen LogP contribution in [0.25, 0.3) is 0 Å². The molecule has 1 aliphatic rings. The molecule has 6 heteroatoms. The molecule has 6 nitrogen and oxygen atoms in total. The average Bonchev–Trinajstić information content (AvgIpc) is 2.88. The molecule has 1 amide bonds. The van der Waals surface area contributed by atoms with E-state index in [4.69, 9.17) is 9.47 Å². The number of nitrogens with one attached hydrogen (secondary N) is 1. The quantitative estimate of drug-likeness (QED) is 0.850. The van der Waals surface area contributed by atoms with Gasteiger partial charge in [-0.25, -0.2) is 4.79 Å². The number of hydrogen-bond acceptors (Lipinski definition) is 4. The van der Waals surface area contributed by atoms with Crippen LogP contribution in [-0.4, -0.2) is 41.8 Å². The molecule has 21 heavy (non-hydrogen) atoms. The summed E-state index contributed by atoms with van der Waals surface area (Å²) in [6, 6.07) is 7.32. The van der Waals surface area contributed by atoms with Crippen molar-refractivity contribution >= 4 is 11.9 Å². The molecule has 1 saturated heterocycles. The van der Waals surface area contributed by atoms with Gasteiger partial charge in [-0.15, -0.1) is 0 Å². The van der Waals surface area contributed by atoms with Crippen molar-refractivity contribution in [2.24, 2.45) is 0 Å². The first-order chi connectivity index (χ1) is 9.93. The number of carbonyl (C=O) groups is 2. The fourth-order valence-electron chi connectivity index (χ4n) is 2.17. The van der Waals surface area contributed by atoms with E-state index < -0.39 is 23.5 Å². The highest BCUT2D eigenvalue weighted by molar-refractivity contribution is 5.89. The second-order valence-electron chi connectivity index (χ2n) is 5.26. The second-order valence-corrected chi connectivity index (χ2v) is 5.26. The lowest BCUT2D eigenvalue weighted by Crippen LogP contribution is -2.57. The molecule has 0 spiro atoms. The third-order valence-corrected chi connectivity index (χ3v) is 3.47. The lowest BCUT2D eigenvalue weighted by Gasteiger charge is -2.25. The normalized spacial score (nSPS) is 22.6. The fourth-order valence-corrected chi connectivity index (χ4v) is 2.17. The second kappa shape index (κ2) is 6.13. The summed E-state index contributed by atoms with van der Waals surface area (Å²) < 4.78 is 10.6. The SMILES string of the molecule is Cc1cccc(OC(C)C(=O)NC2(C(=O)O)CCOC2)c1. The monoisotopic (exact) mass is 293 g/mol. The van der Waals surface area contributed by atoms with Crippen LogP contribution >= 0.6 is 0 Å². The number of aliphatic carboxylic acids is 1. The number of rotatable bonds is 5. The highest BCUT2D eigenvalue weighted by Crippen LogP contribution is 2.20. The van der Waals surface area contributed by atoms with Gasteiger partial charge in [0.2, 0.25) is 0 Å². The summed E-state index contributed by atoms with van der Waals surface area (Å²) in [6.07, 6.45) is -0.533. The Kier molecular flexibility index (Phi) is 4.47. The van der Waals surface area contributed by atoms with E-state index in [-0.39, 0.29) is 13.0 Å². The third-order valence-electron chi connectivity index (χ3n) is 3.47. The van der Waals surface area contributed by atoms with E-state index in [1.54, 1.807) is 13.0 Å². The molecule has 2 atom stereocenters. The first-order valence-electron chi connectivity index (χ1n) is 6.79. The lowest BCUT2D eigenvalue weighted by molar-refractivity contribution is -0.148. The molecule has 0 bridgehead atoms. The van der Waals surface area contributed by atoms with Gasteiger partial charge in [-0.2, -0.15) is 0 Å². The third kappa shape index (κ3) is 3.52. The summed E-state index contributed by atoms with van der Waals surface area (Å²) in [6.45, 7) is 3.81. The van der Waals surface area contributed by atoms with Gasteiger partial charge in [0.15, 0.2) is 11.6 Å². The Balaban J connectivity index is 2.01. The van der Waals surface area contributed by atoms with E-state index in [2.05, 4.69) is 5.32 Å². The molecular weight excluding hydrogens is 274 g/mol. The Bertz CT molecular complexity index is 537. The number of carbonyl (C=O) groups excluding carboxylic acids is 1. The summed E-state index contributed by atoms with van der Waals surface area (Å²) in [7, 11) is 0. The zero-order valence-electron chi connectivity index (χ0n) is 12.1. The zero-order chi connectivity index (χ0) is 15.5. The summed E-state index contributed by atoms with van der Waals surface area (Å²) in [5.41, 5.74) is -0.326. The van der Waals surface area contributed by atoms with Crippen LogP contribution in [0.4, 0.5) is 0 Å². The van der Waals surface area contributed by atoms with Crippen LogP contribution in [0.15, 0.2) is 24.3 Å². The molecule has 1 aromatic rings. The van der Waals surface area contributed by atoms with Gasteiger partial charge in [0.25, 0.3) is 5.91 Å². The molecule has 1 aliphatic heterocycles. The molecule has 0 aromatic heterocycles. The summed E-state index contributed by atoms with van der Waals surface area (Å²) in [4.78, 5) is 23.5. The van der Waals surface area contributed by atoms with Crippen LogP contribution in [0, 0.1) is 6.92 Å². The van der Waals surface area contributed by atoms with Crippen LogP contribution in [-0.2, 0) is 14.3 Å². The standard InChI is InChI=1S/C15H19NO5/c1-10-4-3-5-12(8-10)21-11(2)13(17)16-15(14(18)19)6-7-20-9-15/h3-5,8,11H,6-7,9H2,1-2H3,(H,16,17)(H,18,19). The molecule has 2 N–H and O–H groups in total. The molecule has 0 saturated carbocycles. The molecular formula is C15H19NO5. The van der Waals surface area contributed by atoms with Crippen molar-refractivity contribution in [2.75, 3.05) is 13.2 Å². The zero-order valence-corrected chi connectivity index (χ0v) is 12.1. The van der Waals surface area contributed by atoms with E-state index in [1.807, 2.05) is 25.1 Å². The summed E-state index contributed by atoms with van der Waals surface area (Å²) in [5.74, 6) is -0.981. The van der Waals surface area contributed by atoms with Crippen molar-refractivity contribution in [1.82, 2.24) is 5.32 Å². The Morgan fingerprint density at radius 3 is 2.81 bits per heavy atom. The van der Waals surface area contributed by atoms with Gasteiger partial charge >= 0.3 is 5.97 Å². The van der Waals surface area contributed by atoms with Gasteiger partial charge < -0.3 is 19.9 Å². The largest absolute Gasteiger partial charge is 0.481 e. The average molecular weight is 293 g/mol. The minimum absolute atomic E-state index is 0.0226. The number of carboxylic acids is 1. The number of ether oxygens (including phenoxy) is 2. The van der Waals surface area contributed by atoms with Gasteiger partial charge in [0, 0.05) is 13.0 Å². The van der Waals surface area contributed by atoms with Crippen molar-refractivity contribution in [3.63, 3.8) is 0 Å². The molecule has 1 fully saturated rings. The van der Waals surface area contributed by atoms with Gasteiger partial charge in [-0.3, -0.25) is 4.79 Å². The maximum Gasteiger partial charge on any atom is 0.331 e. The van der Waals surface area contributed by atoms with Crippen LogP contribution in [0.1, 0.15) is 18.9 Å². The lowest BCUT2D eigenvalue weighted by atomic mass is 9.98. The van der Waals surface area contributed by atoms with E-state index in [9.17, 15) is 14.7 Å². The minimum atomic E-state index is -1.35. The van der Waals surface area contributed by atoms with E-state index >= 15 is 0 Å². The molecule has 0 aliphatic carbocycles. The number of benzene rings is 1. The molecule has 1 aromatic carbocycles. The van der Waals surface area contributed by atoms with Crippen LogP contribution < -0.4 is 10.1 Å². The molecule has 2 unspecified atom stereocenters. The van der Waals surface area contributed by atoms with E-state index in [1.165, 1.54) is 0 Å². The van der Waals surface area contributed by atoms with Crippen molar-refractivity contribution < 1.29 is 24.2 Å². The van der Waals surface area contributed by atoms with Gasteiger partial charge in [-0.1, -0.05) is 12.1 Å². The summed E-state index contributed by atoms with van der Waals surface area (Å²) >= 11 is 0. The molecule has 114 valence electrons. The Morgan fingerprint density at radius 1 is 1.48 bits per heavy atom. The number of hydrogen-bond donors (Lipinski definition) is 2. The maximum atomic E-state index is 12.1. The first kappa shape index (κ1) is 15.3.